The average Bonchev–Trinajstić information content (AvgIpc) is 3.44. The van der Waals surface area contributed by atoms with Gasteiger partial charge in [-0.25, -0.2) is 4.98 Å². The van der Waals surface area contributed by atoms with Gasteiger partial charge >= 0.3 is 0 Å². The first-order valence-electron chi connectivity index (χ1n) is 12.3. The second-order valence-corrected chi connectivity index (χ2v) is 11.1. The Balaban J connectivity index is 1.42. The summed E-state index contributed by atoms with van der Waals surface area (Å²) in [5, 5.41) is 0.946. The molecule has 4 nitrogen and oxygen atoms in total. The molecule has 0 bridgehead atoms. The van der Waals surface area contributed by atoms with Crippen molar-refractivity contribution in [3.63, 3.8) is 0 Å². The SMILES string of the molecule is Cc1cccc(CCC2CC3(CCCC3)CCN2C(=O)c2nc(C)sc2-c2ccccc2)n1. The van der Waals surface area contributed by atoms with Crippen LogP contribution in [-0.2, 0) is 6.42 Å². The van der Waals surface area contributed by atoms with Gasteiger partial charge in [-0.05, 0) is 75.5 Å². The van der Waals surface area contributed by atoms with Crippen molar-refractivity contribution in [1.82, 2.24) is 14.9 Å². The molecule has 1 amide bonds. The van der Waals surface area contributed by atoms with Crippen molar-refractivity contribution in [1.29, 1.82) is 0 Å². The Kier molecular flexibility index (Phi) is 6.33. The number of hydrogen-bond donors (Lipinski definition) is 0. The lowest BCUT2D eigenvalue weighted by Crippen LogP contribution is -2.49. The van der Waals surface area contributed by atoms with Crippen LogP contribution in [0.25, 0.3) is 10.4 Å². The number of pyridine rings is 1. The number of carbonyl (C=O) groups is 1. The summed E-state index contributed by atoms with van der Waals surface area (Å²) >= 11 is 1.62. The maximum atomic E-state index is 13.9. The lowest BCUT2D eigenvalue weighted by atomic mass is 9.73. The molecule has 1 spiro atoms. The molecule has 1 aromatic carbocycles. The van der Waals surface area contributed by atoms with E-state index in [0.29, 0.717) is 11.1 Å². The summed E-state index contributed by atoms with van der Waals surface area (Å²) in [7, 11) is 0. The number of aryl methyl sites for hydroxylation is 3. The van der Waals surface area contributed by atoms with Crippen molar-refractivity contribution >= 4 is 17.2 Å². The molecule has 2 aromatic heterocycles. The first-order valence-corrected chi connectivity index (χ1v) is 13.1. The topological polar surface area (TPSA) is 46.1 Å². The zero-order valence-corrected chi connectivity index (χ0v) is 20.5. The molecule has 1 aliphatic carbocycles. The Hall–Kier alpha value is -2.53. The maximum absolute atomic E-state index is 13.9. The van der Waals surface area contributed by atoms with Crippen molar-refractivity contribution < 1.29 is 4.79 Å². The van der Waals surface area contributed by atoms with E-state index in [1.165, 1.54) is 25.7 Å². The molecule has 172 valence electrons. The highest BCUT2D eigenvalue weighted by Gasteiger charge is 2.43. The van der Waals surface area contributed by atoms with E-state index in [0.717, 1.165) is 59.1 Å². The summed E-state index contributed by atoms with van der Waals surface area (Å²) < 4.78 is 0. The molecule has 2 aliphatic rings. The van der Waals surface area contributed by atoms with Crippen LogP contribution in [-0.4, -0.2) is 33.4 Å². The fourth-order valence-electron chi connectivity index (χ4n) is 5.90. The first kappa shape index (κ1) is 22.3. The third-order valence-electron chi connectivity index (χ3n) is 7.57. The molecular weight excluding hydrogens is 426 g/mol. The lowest BCUT2D eigenvalue weighted by molar-refractivity contribution is 0.0338. The number of aromatic nitrogens is 2. The Labute approximate surface area is 201 Å². The van der Waals surface area contributed by atoms with E-state index in [4.69, 9.17) is 9.97 Å². The van der Waals surface area contributed by atoms with Gasteiger partial charge < -0.3 is 4.90 Å². The Morgan fingerprint density at radius 2 is 1.82 bits per heavy atom. The maximum Gasteiger partial charge on any atom is 0.274 e. The summed E-state index contributed by atoms with van der Waals surface area (Å²) in [5.74, 6) is 0.105. The molecule has 1 saturated carbocycles. The third-order valence-corrected chi connectivity index (χ3v) is 8.59. The molecule has 33 heavy (non-hydrogen) atoms. The molecule has 3 aromatic rings. The average molecular weight is 460 g/mol. The second kappa shape index (κ2) is 9.38. The summed E-state index contributed by atoms with van der Waals surface area (Å²) in [6.07, 6.45) is 9.43. The van der Waals surface area contributed by atoms with Gasteiger partial charge in [0.25, 0.3) is 5.91 Å². The van der Waals surface area contributed by atoms with Crippen LogP contribution in [0.15, 0.2) is 48.5 Å². The smallest absolute Gasteiger partial charge is 0.274 e. The molecule has 1 aliphatic heterocycles. The second-order valence-electron chi connectivity index (χ2n) is 9.90. The number of thiazole rings is 1. The highest BCUT2D eigenvalue weighted by atomic mass is 32.1. The fourth-order valence-corrected chi connectivity index (χ4v) is 6.82. The highest BCUT2D eigenvalue weighted by Crippen LogP contribution is 2.49. The minimum absolute atomic E-state index is 0.105. The van der Waals surface area contributed by atoms with Crippen LogP contribution >= 0.6 is 11.3 Å². The molecule has 1 atom stereocenters. The van der Waals surface area contributed by atoms with Crippen LogP contribution < -0.4 is 0 Å². The zero-order chi connectivity index (χ0) is 22.8. The number of carbonyl (C=O) groups excluding carboxylic acids is 1. The van der Waals surface area contributed by atoms with Crippen LogP contribution in [0.4, 0.5) is 0 Å². The minimum Gasteiger partial charge on any atom is -0.334 e. The number of likely N-dealkylation sites (tertiary alicyclic amines) is 1. The van der Waals surface area contributed by atoms with E-state index in [-0.39, 0.29) is 11.9 Å². The van der Waals surface area contributed by atoms with Crippen LogP contribution in [0.2, 0.25) is 0 Å². The lowest BCUT2D eigenvalue weighted by Gasteiger charge is -2.45. The molecule has 5 rings (SSSR count). The number of benzene rings is 1. The van der Waals surface area contributed by atoms with Crippen LogP contribution in [0, 0.1) is 19.3 Å². The van der Waals surface area contributed by atoms with Gasteiger partial charge in [0.2, 0.25) is 0 Å². The summed E-state index contributed by atoms with van der Waals surface area (Å²) in [5.41, 5.74) is 4.33. The quantitative estimate of drug-likeness (QED) is 0.431. The van der Waals surface area contributed by atoms with Crippen molar-refractivity contribution in [3.05, 3.63) is 70.6 Å². The molecule has 0 N–H and O–H groups in total. The van der Waals surface area contributed by atoms with Crippen LogP contribution in [0.3, 0.4) is 0 Å². The molecular formula is C28H33N3OS. The van der Waals surface area contributed by atoms with E-state index < -0.39 is 0 Å². The van der Waals surface area contributed by atoms with E-state index in [2.05, 4.69) is 29.2 Å². The summed E-state index contributed by atoms with van der Waals surface area (Å²) in [6, 6.07) is 16.7. The Bertz CT molecular complexity index is 1120. The standard InChI is InChI=1S/C28H33N3OS/c1-20-9-8-12-23(29-20)13-14-24-19-28(15-6-7-16-28)17-18-31(24)27(32)25-26(33-21(2)30-25)22-10-4-3-5-11-22/h3-5,8-12,24H,6-7,13-19H2,1-2H3. The van der Waals surface area contributed by atoms with Gasteiger partial charge in [0, 0.05) is 24.0 Å². The molecule has 2 fully saturated rings. The molecule has 0 radical (unpaired) electrons. The largest absolute Gasteiger partial charge is 0.334 e. The predicted octanol–water partition coefficient (Wildman–Crippen LogP) is 6.62. The Morgan fingerprint density at radius 3 is 2.58 bits per heavy atom. The van der Waals surface area contributed by atoms with Gasteiger partial charge in [-0.1, -0.05) is 49.2 Å². The number of nitrogens with zero attached hydrogens (tertiary/aromatic N) is 3. The molecule has 1 saturated heterocycles. The number of rotatable bonds is 5. The van der Waals surface area contributed by atoms with Crippen molar-refractivity contribution in [2.75, 3.05) is 6.54 Å². The predicted molar refractivity (Wildman–Crippen MR) is 135 cm³/mol. The van der Waals surface area contributed by atoms with E-state index >= 15 is 0 Å². The monoisotopic (exact) mass is 459 g/mol. The van der Waals surface area contributed by atoms with Crippen molar-refractivity contribution in [2.24, 2.45) is 5.41 Å². The first-order chi connectivity index (χ1) is 16.0. The fraction of sp³-hybridized carbons (Fsp3) is 0.464. The van der Waals surface area contributed by atoms with E-state index in [9.17, 15) is 4.79 Å². The summed E-state index contributed by atoms with van der Waals surface area (Å²) in [4.78, 5) is 26.5. The van der Waals surface area contributed by atoms with Crippen LogP contribution in [0.5, 0.6) is 0 Å². The van der Waals surface area contributed by atoms with Crippen molar-refractivity contribution in [2.45, 2.75) is 71.3 Å². The molecule has 3 heterocycles. The minimum atomic E-state index is 0.105. The van der Waals surface area contributed by atoms with Gasteiger partial charge in [0.1, 0.15) is 5.69 Å². The highest BCUT2D eigenvalue weighted by molar-refractivity contribution is 7.15. The number of hydrogen-bond acceptors (Lipinski definition) is 4. The van der Waals surface area contributed by atoms with Crippen molar-refractivity contribution in [3.8, 4) is 10.4 Å². The van der Waals surface area contributed by atoms with E-state index in [1.807, 2.05) is 38.1 Å². The molecule has 1 unspecified atom stereocenters. The van der Waals surface area contributed by atoms with Gasteiger partial charge in [-0.3, -0.25) is 9.78 Å². The van der Waals surface area contributed by atoms with Gasteiger partial charge in [-0.15, -0.1) is 11.3 Å². The van der Waals surface area contributed by atoms with Gasteiger partial charge in [0.15, 0.2) is 0 Å². The Morgan fingerprint density at radius 1 is 1.03 bits per heavy atom. The molecule has 5 heteroatoms. The third kappa shape index (κ3) is 4.74. The number of piperidine rings is 1. The van der Waals surface area contributed by atoms with Gasteiger partial charge in [-0.2, -0.15) is 0 Å². The number of amides is 1. The normalized spacial score (nSPS) is 19.8. The van der Waals surface area contributed by atoms with Crippen LogP contribution in [0.1, 0.15) is 71.8 Å². The van der Waals surface area contributed by atoms with E-state index in [1.54, 1.807) is 11.3 Å². The zero-order valence-electron chi connectivity index (χ0n) is 19.7. The summed E-state index contributed by atoms with van der Waals surface area (Å²) in [6.45, 7) is 4.89. The van der Waals surface area contributed by atoms with Gasteiger partial charge in [0.05, 0.1) is 9.88 Å².